The quantitative estimate of drug-likeness (QED) is 0.645. The molecule has 0 unspecified atom stereocenters. The first-order valence-corrected chi connectivity index (χ1v) is 4.17. The van der Waals surface area contributed by atoms with Crippen LogP contribution < -0.4 is 0 Å². The third-order valence-electron chi connectivity index (χ3n) is 2.04. The number of rotatable bonds is 2. The normalized spacial score (nSPS) is 10.5. The molecule has 0 N–H and O–H groups in total. The zero-order chi connectivity index (χ0) is 9.26. The molecule has 2 aromatic rings. The molecule has 66 valence electrons. The van der Waals surface area contributed by atoms with Gasteiger partial charge in [-0.25, -0.2) is 4.98 Å². The highest BCUT2D eigenvalue weighted by atomic mass is 16.1. The molecular weight excluding hydrogens is 164 g/mol. The van der Waals surface area contributed by atoms with Crippen molar-refractivity contribution in [1.29, 1.82) is 0 Å². The molecule has 13 heavy (non-hydrogen) atoms. The summed E-state index contributed by atoms with van der Waals surface area (Å²) in [6.45, 7) is 2.03. The van der Waals surface area contributed by atoms with Crippen LogP contribution in [0, 0.1) is 6.92 Å². The van der Waals surface area contributed by atoms with Crippen molar-refractivity contribution in [3.8, 4) is 0 Å². The summed E-state index contributed by atoms with van der Waals surface area (Å²) in [6.07, 6.45) is 5.00. The van der Waals surface area contributed by atoms with Gasteiger partial charge >= 0.3 is 0 Å². The zero-order valence-corrected chi connectivity index (χ0v) is 7.40. The van der Waals surface area contributed by atoms with Crippen LogP contribution in [0.25, 0.3) is 5.52 Å². The molecule has 0 aliphatic rings. The van der Waals surface area contributed by atoms with Crippen molar-refractivity contribution < 1.29 is 4.79 Å². The van der Waals surface area contributed by atoms with Crippen LogP contribution in [-0.2, 0) is 11.2 Å². The van der Waals surface area contributed by atoms with E-state index in [2.05, 4.69) is 4.98 Å². The molecule has 0 aliphatic heterocycles. The van der Waals surface area contributed by atoms with Crippen LogP contribution in [-0.4, -0.2) is 15.7 Å². The molecule has 0 spiro atoms. The number of pyridine rings is 1. The van der Waals surface area contributed by atoms with Crippen LogP contribution in [0.2, 0.25) is 0 Å². The molecule has 0 amide bonds. The highest BCUT2D eigenvalue weighted by Crippen LogP contribution is 2.10. The number of hydrogen-bond donors (Lipinski definition) is 0. The van der Waals surface area contributed by atoms with Crippen molar-refractivity contribution in [2.24, 2.45) is 0 Å². The topological polar surface area (TPSA) is 34.4 Å². The fraction of sp³-hybridized carbons (Fsp3) is 0.200. The van der Waals surface area contributed by atoms with Crippen molar-refractivity contribution in [3.63, 3.8) is 0 Å². The number of hydrogen-bond acceptors (Lipinski definition) is 2. The van der Waals surface area contributed by atoms with Gasteiger partial charge in [0.1, 0.15) is 6.29 Å². The molecule has 0 fully saturated rings. The van der Waals surface area contributed by atoms with Crippen LogP contribution in [0.5, 0.6) is 0 Å². The second-order valence-corrected chi connectivity index (χ2v) is 3.06. The number of aryl methyl sites for hydroxylation is 1. The van der Waals surface area contributed by atoms with E-state index in [1.54, 1.807) is 6.33 Å². The molecule has 2 heterocycles. The van der Waals surface area contributed by atoms with Gasteiger partial charge < -0.3 is 9.20 Å². The van der Waals surface area contributed by atoms with Gasteiger partial charge in [0.2, 0.25) is 0 Å². The number of fused-ring (bicyclic) bond motifs is 1. The molecule has 3 nitrogen and oxygen atoms in total. The fourth-order valence-corrected chi connectivity index (χ4v) is 1.40. The largest absolute Gasteiger partial charge is 0.306 e. The standard InChI is InChI=1S/C10H10N2O/c1-8-2-3-10-9(4-5-13)11-7-12(10)6-8/h2-3,5-7H,4H2,1H3. The van der Waals surface area contributed by atoms with E-state index >= 15 is 0 Å². The summed E-state index contributed by atoms with van der Waals surface area (Å²) in [7, 11) is 0. The Kier molecular flexibility index (Phi) is 1.85. The van der Waals surface area contributed by atoms with E-state index in [1.807, 2.05) is 29.7 Å². The van der Waals surface area contributed by atoms with Gasteiger partial charge in [0.15, 0.2) is 0 Å². The number of nitrogens with zero attached hydrogens (tertiary/aromatic N) is 2. The van der Waals surface area contributed by atoms with E-state index in [0.29, 0.717) is 6.42 Å². The molecule has 2 rings (SSSR count). The van der Waals surface area contributed by atoms with Crippen LogP contribution in [0.15, 0.2) is 24.7 Å². The molecule has 0 radical (unpaired) electrons. The summed E-state index contributed by atoms with van der Waals surface area (Å²) in [5.74, 6) is 0. The molecular formula is C10H10N2O. The number of carbonyl (C=O) groups excluding carboxylic acids is 1. The molecule has 3 heteroatoms. The predicted octanol–water partition coefficient (Wildman–Crippen LogP) is 1.38. The molecule has 2 aromatic heterocycles. The maximum absolute atomic E-state index is 10.3. The van der Waals surface area contributed by atoms with Crippen molar-refractivity contribution in [3.05, 3.63) is 35.9 Å². The Morgan fingerprint density at radius 1 is 1.54 bits per heavy atom. The lowest BCUT2D eigenvalue weighted by molar-refractivity contribution is -0.107. The minimum Gasteiger partial charge on any atom is -0.306 e. The second-order valence-electron chi connectivity index (χ2n) is 3.06. The Hall–Kier alpha value is -1.64. The van der Waals surface area contributed by atoms with E-state index in [1.165, 1.54) is 5.56 Å². The monoisotopic (exact) mass is 174 g/mol. The highest BCUT2D eigenvalue weighted by molar-refractivity contribution is 5.62. The molecule has 0 saturated carbocycles. The van der Waals surface area contributed by atoms with Crippen molar-refractivity contribution in [2.45, 2.75) is 13.3 Å². The van der Waals surface area contributed by atoms with E-state index in [4.69, 9.17) is 0 Å². The number of carbonyl (C=O) groups is 1. The van der Waals surface area contributed by atoms with Gasteiger partial charge in [-0.3, -0.25) is 0 Å². The van der Waals surface area contributed by atoms with Gasteiger partial charge in [0.05, 0.1) is 17.5 Å². The number of aromatic nitrogens is 2. The molecule has 0 saturated heterocycles. The first-order chi connectivity index (χ1) is 6.31. The summed E-state index contributed by atoms with van der Waals surface area (Å²) in [5, 5.41) is 0. The zero-order valence-electron chi connectivity index (χ0n) is 7.40. The van der Waals surface area contributed by atoms with Crippen molar-refractivity contribution in [2.75, 3.05) is 0 Å². The maximum Gasteiger partial charge on any atom is 0.126 e. The van der Waals surface area contributed by atoms with E-state index in [-0.39, 0.29) is 0 Å². The minimum absolute atomic E-state index is 0.388. The lowest BCUT2D eigenvalue weighted by Gasteiger charge is -1.96. The average Bonchev–Trinajstić information content (AvgIpc) is 2.49. The minimum atomic E-state index is 0.388. The number of imidazole rings is 1. The molecule has 0 atom stereocenters. The Balaban J connectivity index is 2.61. The second kappa shape index (κ2) is 3.01. The Morgan fingerprint density at radius 3 is 3.15 bits per heavy atom. The third kappa shape index (κ3) is 1.33. The summed E-state index contributed by atoms with van der Waals surface area (Å²) < 4.78 is 1.94. The first kappa shape index (κ1) is 7.98. The van der Waals surface area contributed by atoms with Crippen molar-refractivity contribution in [1.82, 2.24) is 9.38 Å². The summed E-state index contributed by atoms with van der Waals surface area (Å²) in [6, 6.07) is 4.01. The van der Waals surface area contributed by atoms with Gasteiger partial charge in [0, 0.05) is 12.6 Å². The van der Waals surface area contributed by atoms with E-state index in [0.717, 1.165) is 17.5 Å². The Bertz CT molecular complexity index is 445. The smallest absolute Gasteiger partial charge is 0.126 e. The van der Waals surface area contributed by atoms with Gasteiger partial charge in [-0.15, -0.1) is 0 Å². The molecule has 0 aliphatic carbocycles. The Labute approximate surface area is 76.0 Å². The van der Waals surface area contributed by atoms with Gasteiger partial charge in [-0.1, -0.05) is 6.07 Å². The maximum atomic E-state index is 10.3. The van der Waals surface area contributed by atoms with Crippen LogP contribution in [0.1, 0.15) is 11.3 Å². The summed E-state index contributed by atoms with van der Waals surface area (Å²) in [4.78, 5) is 14.5. The lowest BCUT2D eigenvalue weighted by Crippen LogP contribution is -1.88. The van der Waals surface area contributed by atoms with E-state index < -0.39 is 0 Å². The lowest BCUT2D eigenvalue weighted by atomic mass is 10.2. The fourth-order valence-electron chi connectivity index (χ4n) is 1.40. The summed E-state index contributed by atoms with van der Waals surface area (Å²) >= 11 is 0. The van der Waals surface area contributed by atoms with Gasteiger partial charge in [-0.2, -0.15) is 0 Å². The SMILES string of the molecule is Cc1ccc2c(CC=O)ncn2c1. The average molecular weight is 174 g/mol. The van der Waals surface area contributed by atoms with Gasteiger partial charge in [-0.05, 0) is 18.6 Å². The molecule has 0 bridgehead atoms. The predicted molar refractivity (Wildman–Crippen MR) is 49.7 cm³/mol. The summed E-state index contributed by atoms with van der Waals surface area (Å²) in [5.41, 5.74) is 3.04. The third-order valence-corrected chi connectivity index (χ3v) is 2.04. The Morgan fingerprint density at radius 2 is 2.38 bits per heavy atom. The van der Waals surface area contributed by atoms with Gasteiger partial charge in [0.25, 0.3) is 0 Å². The van der Waals surface area contributed by atoms with E-state index in [9.17, 15) is 4.79 Å². The highest BCUT2D eigenvalue weighted by Gasteiger charge is 2.02. The van der Waals surface area contributed by atoms with Crippen LogP contribution in [0.3, 0.4) is 0 Å². The molecule has 0 aromatic carbocycles. The van der Waals surface area contributed by atoms with Crippen LogP contribution >= 0.6 is 0 Å². The first-order valence-electron chi connectivity index (χ1n) is 4.17. The number of aldehydes is 1. The van der Waals surface area contributed by atoms with Crippen LogP contribution in [0.4, 0.5) is 0 Å². The van der Waals surface area contributed by atoms with Crippen molar-refractivity contribution >= 4 is 11.8 Å².